The van der Waals surface area contributed by atoms with E-state index in [2.05, 4.69) is 0 Å². The van der Waals surface area contributed by atoms with Gasteiger partial charge in [-0.1, -0.05) is 6.42 Å². The fourth-order valence-corrected chi connectivity index (χ4v) is 2.87. The molecule has 1 aromatic carbocycles. The minimum atomic E-state index is -4.79. The molecule has 8 heteroatoms. The van der Waals surface area contributed by atoms with Gasteiger partial charge in [-0.25, -0.2) is 0 Å². The Morgan fingerprint density at radius 2 is 1.43 bits per heavy atom. The smallest absolute Gasteiger partial charge is 0.385 e. The Bertz CT molecular complexity index is 452. The molecule has 0 aliphatic rings. The molecule has 0 amide bonds. The molecule has 1 rings (SSSR count). The molecule has 0 N–H and O–H groups in total. The second-order valence-electron chi connectivity index (χ2n) is 5.02. The molecule has 0 spiro atoms. The van der Waals surface area contributed by atoms with E-state index in [0.717, 1.165) is 31.4 Å². The van der Waals surface area contributed by atoms with Gasteiger partial charge in [0.05, 0.1) is 11.1 Å². The van der Waals surface area contributed by atoms with Gasteiger partial charge >= 0.3 is 12.4 Å². The van der Waals surface area contributed by atoms with Crippen molar-refractivity contribution < 1.29 is 31.1 Å². The number of hydrogen-bond donors (Lipinski definition) is 0. The fraction of sp³-hybridized carbons (Fsp3) is 0.600. The normalized spacial score (nSPS) is 12.7. The number of ether oxygens (including phenoxy) is 1. The van der Waals surface area contributed by atoms with Crippen molar-refractivity contribution >= 4 is 11.8 Å². The van der Waals surface area contributed by atoms with Crippen LogP contribution in [-0.4, -0.2) is 19.5 Å². The highest BCUT2D eigenvalue weighted by Gasteiger charge is 2.36. The average Bonchev–Trinajstić information content (AvgIpc) is 2.44. The van der Waals surface area contributed by atoms with Gasteiger partial charge in [-0.05, 0) is 42.4 Å². The van der Waals surface area contributed by atoms with E-state index in [1.54, 1.807) is 7.11 Å². The fourth-order valence-electron chi connectivity index (χ4n) is 1.92. The Morgan fingerprint density at radius 3 is 1.91 bits per heavy atom. The van der Waals surface area contributed by atoms with E-state index in [0.29, 0.717) is 12.4 Å². The number of alkyl halides is 6. The summed E-state index contributed by atoms with van der Waals surface area (Å²) in [5.41, 5.74) is -2.49. The lowest BCUT2D eigenvalue weighted by Crippen LogP contribution is -2.11. The van der Waals surface area contributed by atoms with Crippen LogP contribution in [0.1, 0.15) is 36.0 Å². The van der Waals surface area contributed by atoms with Crippen molar-refractivity contribution in [3.05, 3.63) is 34.9 Å². The summed E-state index contributed by atoms with van der Waals surface area (Å²) in [5.74, 6) is 0.804. The Morgan fingerprint density at radius 1 is 0.870 bits per heavy atom. The number of unbranched alkanes of at least 4 members (excludes halogenated alkanes) is 2. The first-order chi connectivity index (χ1) is 10.6. The summed E-state index contributed by atoms with van der Waals surface area (Å²) in [5, 5.41) is 0. The van der Waals surface area contributed by atoms with Crippen LogP contribution in [0.5, 0.6) is 0 Å². The number of hydrogen-bond acceptors (Lipinski definition) is 2. The first kappa shape index (κ1) is 20.2. The van der Waals surface area contributed by atoms with Crippen LogP contribution in [0.3, 0.4) is 0 Å². The maximum absolute atomic E-state index is 12.7. The molecule has 0 saturated heterocycles. The van der Waals surface area contributed by atoms with Crippen LogP contribution >= 0.6 is 11.8 Å². The van der Waals surface area contributed by atoms with Crippen LogP contribution in [0.15, 0.2) is 18.2 Å². The van der Waals surface area contributed by atoms with Crippen molar-refractivity contribution in [1.29, 1.82) is 0 Å². The van der Waals surface area contributed by atoms with Crippen LogP contribution in [0.2, 0.25) is 0 Å². The molecule has 0 saturated carbocycles. The minimum Gasteiger partial charge on any atom is -0.385 e. The largest absolute Gasteiger partial charge is 0.416 e. The molecule has 1 nitrogen and oxygen atoms in total. The molecule has 23 heavy (non-hydrogen) atoms. The van der Waals surface area contributed by atoms with E-state index in [1.165, 1.54) is 11.8 Å². The molecular formula is C15H18F6OS. The predicted molar refractivity (Wildman–Crippen MR) is 78.3 cm³/mol. The molecule has 0 bridgehead atoms. The number of thioether (sulfide) groups is 1. The third-order valence-corrected chi connectivity index (χ3v) is 4.17. The quantitative estimate of drug-likeness (QED) is 0.430. The van der Waals surface area contributed by atoms with Gasteiger partial charge in [0.25, 0.3) is 0 Å². The summed E-state index contributed by atoms with van der Waals surface area (Å²) >= 11 is 1.33. The SMILES string of the molecule is COCCCCCSCc1cc(C(F)(F)F)cc(C(F)(F)F)c1. The Balaban J connectivity index is 2.67. The molecule has 0 heterocycles. The maximum atomic E-state index is 12.7. The van der Waals surface area contributed by atoms with Crippen LogP contribution in [-0.2, 0) is 22.8 Å². The van der Waals surface area contributed by atoms with Gasteiger partial charge in [0.15, 0.2) is 0 Å². The van der Waals surface area contributed by atoms with Gasteiger partial charge in [0.1, 0.15) is 0 Å². The van der Waals surface area contributed by atoms with Crippen LogP contribution in [0.4, 0.5) is 26.3 Å². The second kappa shape index (κ2) is 8.82. The number of benzene rings is 1. The molecule has 132 valence electrons. The highest BCUT2D eigenvalue weighted by molar-refractivity contribution is 7.98. The third-order valence-electron chi connectivity index (χ3n) is 3.05. The molecule has 0 fully saturated rings. The number of halogens is 6. The average molecular weight is 360 g/mol. The van der Waals surface area contributed by atoms with Crippen molar-refractivity contribution in [2.75, 3.05) is 19.5 Å². The molecule has 0 aliphatic heterocycles. The Kier molecular flexibility index (Phi) is 7.73. The molecule has 0 radical (unpaired) electrons. The van der Waals surface area contributed by atoms with E-state index >= 15 is 0 Å². The lowest BCUT2D eigenvalue weighted by molar-refractivity contribution is -0.143. The zero-order chi connectivity index (χ0) is 17.5. The zero-order valence-electron chi connectivity index (χ0n) is 12.6. The Labute approximate surface area is 135 Å². The lowest BCUT2D eigenvalue weighted by atomic mass is 10.1. The van der Waals surface area contributed by atoms with Crippen molar-refractivity contribution in [3.63, 3.8) is 0 Å². The van der Waals surface area contributed by atoms with Gasteiger partial charge < -0.3 is 4.74 Å². The van der Waals surface area contributed by atoms with E-state index in [1.807, 2.05) is 0 Å². The summed E-state index contributed by atoms with van der Waals surface area (Å²) in [6.07, 6.45) is -6.93. The number of methoxy groups -OCH3 is 1. The standard InChI is InChI=1S/C15H18F6OS/c1-22-5-3-2-4-6-23-10-11-7-12(14(16,17)18)9-13(8-11)15(19,20)21/h7-9H,2-6,10H2,1H3. The molecule has 1 aromatic rings. The van der Waals surface area contributed by atoms with Crippen LogP contribution in [0.25, 0.3) is 0 Å². The predicted octanol–water partition coefficient (Wildman–Crippen LogP) is 5.77. The Hall–Kier alpha value is -0.890. The second-order valence-corrected chi connectivity index (χ2v) is 6.13. The van der Waals surface area contributed by atoms with Crippen molar-refractivity contribution in [3.8, 4) is 0 Å². The summed E-state index contributed by atoms with van der Waals surface area (Å²) in [6, 6.07) is 1.72. The van der Waals surface area contributed by atoms with E-state index in [-0.39, 0.29) is 17.4 Å². The van der Waals surface area contributed by atoms with E-state index in [4.69, 9.17) is 4.74 Å². The third kappa shape index (κ3) is 7.48. The van der Waals surface area contributed by atoms with Gasteiger partial charge in [0, 0.05) is 19.5 Å². The number of rotatable bonds is 8. The van der Waals surface area contributed by atoms with Crippen molar-refractivity contribution in [2.24, 2.45) is 0 Å². The molecular weight excluding hydrogens is 342 g/mol. The van der Waals surface area contributed by atoms with Crippen molar-refractivity contribution in [1.82, 2.24) is 0 Å². The first-order valence-electron chi connectivity index (χ1n) is 6.99. The first-order valence-corrected chi connectivity index (χ1v) is 8.15. The maximum Gasteiger partial charge on any atom is 0.416 e. The van der Waals surface area contributed by atoms with Gasteiger partial charge in [-0.3, -0.25) is 0 Å². The van der Waals surface area contributed by atoms with Crippen LogP contribution < -0.4 is 0 Å². The molecule has 0 aromatic heterocycles. The highest BCUT2D eigenvalue weighted by atomic mass is 32.2. The topological polar surface area (TPSA) is 9.23 Å². The summed E-state index contributed by atoms with van der Waals surface area (Å²) in [4.78, 5) is 0. The van der Waals surface area contributed by atoms with Gasteiger partial charge in [-0.15, -0.1) is 0 Å². The monoisotopic (exact) mass is 360 g/mol. The molecule has 0 unspecified atom stereocenters. The lowest BCUT2D eigenvalue weighted by Gasteiger charge is -2.14. The summed E-state index contributed by atoms with van der Waals surface area (Å²) in [6.45, 7) is 0.646. The molecule has 0 aliphatic carbocycles. The van der Waals surface area contributed by atoms with Crippen molar-refractivity contribution in [2.45, 2.75) is 37.4 Å². The highest BCUT2D eigenvalue weighted by Crippen LogP contribution is 2.37. The van der Waals surface area contributed by atoms with E-state index < -0.39 is 23.5 Å². The zero-order valence-corrected chi connectivity index (χ0v) is 13.4. The summed E-state index contributed by atoms with van der Waals surface area (Å²) in [7, 11) is 1.60. The minimum absolute atomic E-state index is 0.0361. The van der Waals surface area contributed by atoms with Crippen LogP contribution in [0, 0.1) is 0 Å². The summed E-state index contributed by atoms with van der Waals surface area (Å²) < 4.78 is 81.2. The van der Waals surface area contributed by atoms with Gasteiger partial charge in [0.2, 0.25) is 0 Å². The molecule has 0 atom stereocenters. The van der Waals surface area contributed by atoms with E-state index in [9.17, 15) is 26.3 Å². The van der Waals surface area contributed by atoms with Gasteiger partial charge in [-0.2, -0.15) is 38.1 Å².